The molecule has 0 saturated heterocycles. The van der Waals surface area contributed by atoms with E-state index in [2.05, 4.69) is 78.6 Å². The molecule has 0 heterocycles. The highest BCUT2D eigenvalue weighted by molar-refractivity contribution is 7.94. The van der Waals surface area contributed by atoms with Gasteiger partial charge >= 0.3 is 0 Å². The molecule has 2 heteroatoms. The van der Waals surface area contributed by atoms with Gasteiger partial charge in [0, 0.05) is 0 Å². The summed E-state index contributed by atoms with van der Waals surface area (Å²) in [5.74, 6) is 2.17. The maximum absolute atomic E-state index is 11.4. The quantitative estimate of drug-likeness (QED) is 0.604. The molecule has 0 aliphatic heterocycles. The van der Waals surface area contributed by atoms with Crippen molar-refractivity contribution in [1.29, 1.82) is 0 Å². The van der Waals surface area contributed by atoms with Crippen LogP contribution in [0.3, 0.4) is 0 Å². The van der Waals surface area contributed by atoms with Gasteiger partial charge in [0.15, 0.2) is 0 Å². The van der Waals surface area contributed by atoms with E-state index in [0.29, 0.717) is 0 Å². The number of hydrogen-bond donors (Lipinski definition) is 1. The molecule has 1 aliphatic carbocycles. The van der Waals surface area contributed by atoms with Crippen LogP contribution in [0, 0.1) is 0 Å². The number of hydrogen-bond acceptors (Lipinski definition) is 1. The molecule has 1 N–H and O–H groups in total. The van der Waals surface area contributed by atoms with Crippen molar-refractivity contribution in [2.75, 3.05) is 0 Å². The largest absolute Gasteiger partial charge is 0.384 e. The Morgan fingerprint density at radius 3 is 1.50 bits per heavy atom. The number of aliphatic hydroxyl groups excluding tert-OH is 1. The van der Waals surface area contributed by atoms with E-state index < -0.39 is 13.0 Å². The molecule has 0 amide bonds. The molecule has 0 spiro atoms. The summed E-state index contributed by atoms with van der Waals surface area (Å²) in [5, 5.41) is 15.1. The van der Waals surface area contributed by atoms with Crippen molar-refractivity contribution >= 4 is 28.6 Å². The third kappa shape index (κ3) is 4.24. The molecular formula is C28H25OP. The van der Waals surface area contributed by atoms with Crippen molar-refractivity contribution in [2.45, 2.75) is 6.10 Å². The molecular weight excluding hydrogens is 383 g/mol. The van der Waals surface area contributed by atoms with Crippen LogP contribution in [0.5, 0.6) is 0 Å². The summed E-state index contributed by atoms with van der Waals surface area (Å²) >= 11 is 0. The summed E-state index contributed by atoms with van der Waals surface area (Å²) in [6.07, 6.45) is 13.1. The number of rotatable bonds is 5. The van der Waals surface area contributed by atoms with Crippen LogP contribution in [0.4, 0.5) is 0 Å². The van der Waals surface area contributed by atoms with E-state index in [1.807, 2.05) is 60.7 Å². The lowest BCUT2D eigenvalue weighted by Gasteiger charge is -2.30. The Kier molecular flexibility index (Phi) is 6.44. The first-order valence-electron chi connectivity index (χ1n) is 10.1. The van der Waals surface area contributed by atoms with Crippen LogP contribution >= 0.6 is 6.89 Å². The molecule has 0 saturated carbocycles. The maximum Gasteiger partial charge on any atom is 0.0984 e. The number of aliphatic hydroxyl groups is 1. The molecule has 3 aromatic rings. The van der Waals surface area contributed by atoms with Gasteiger partial charge in [-0.05, 0) is 34.2 Å². The summed E-state index contributed by atoms with van der Waals surface area (Å²) in [6.45, 7) is -2.19. The van der Waals surface area contributed by atoms with E-state index in [4.69, 9.17) is 0 Å². The SMILES string of the molecule is OC(C=P(c1ccccc1)(c1ccccc1)c1ccccc1)C1=C/C=C\C=C/C=C\1. The van der Waals surface area contributed by atoms with Crippen LogP contribution in [0.1, 0.15) is 0 Å². The van der Waals surface area contributed by atoms with Crippen LogP contribution in [0.15, 0.2) is 139 Å². The highest BCUT2D eigenvalue weighted by atomic mass is 31.2. The Hall–Kier alpha value is -3.12. The van der Waals surface area contributed by atoms with Crippen LogP contribution < -0.4 is 15.9 Å². The summed E-state index contributed by atoms with van der Waals surface area (Å²) in [4.78, 5) is 0. The van der Waals surface area contributed by atoms with Gasteiger partial charge in [0.2, 0.25) is 0 Å². The maximum atomic E-state index is 11.4. The van der Waals surface area contributed by atoms with Crippen LogP contribution in [-0.2, 0) is 0 Å². The van der Waals surface area contributed by atoms with E-state index in [0.717, 1.165) is 5.57 Å². The Morgan fingerprint density at radius 1 is 0.567 bits per heavy atom. The third-order valence-corrected chi connectivity index (χ3v) is 9.29. The van der Waals surface area contributed by atoms with Gasteiger partial charge in [-0.25, -0.2) is 0 Å². The van der Waals surface area contributed by atoms with E-state index in [-0.39, 0.29) is 0 Å². The van der Waals surface area contributed by atoms with Gasteiger partial charge in [0.05, 0.1) is 6.10 Å². The van der Waals surface area contributed by atoms with Gasteiger partial charge in [-0.15, -0.1) is 0 Å². The molecule has 0 aromatic heterocycles. The molecule has 4 rings (SSSR count). The minimum absolute atomic E-state index is 0.702. The van der Waals surface area contributed by atoms with Gasteiger partial charge in [0.25, 0.3) is 0 Å². The Balaban J connectivity index is 2.01. The van der Waals surface area contributed by atoms with E-state index in [9.17, 15) is 5.11 Å². The predicted molar refractivity (Wildman–Crippen MR) is 133 cm³/mol. The fraction of sp³-hybridized carbons (Fsp3) is 0.0357. The third-order valence-electron chi connectivity index (χ3n) is 5.22. The lowest BCUT2D eigenvalue weighted by Crippen LogP contribution is -2.30. The van der Waals surface area contributed by atoms with Crippen LogP contribution in [-0.4, -0.2) is 17.0 Å². The highest BCUT2D eigenvalue weighted by Gasteiger charge is 2.26. The van der Waals surface area contributed by atoms with Crippen molar-refractivity contribution in [3.05, 3.63) is 139 Å². The molecule has 30 heavy (non-hydrogen) atoms. The molecule has 1 unspecified atom stereocenters. The predicted octanol–water partition coefficient (Wildman–Crippen LogP) is 4.75. The van der Waals surface area contributed by atoms with Crippen molar-refractivity contribution < 1.29 is 5.11 Å². The lowest BCUT2D eigenvalue weighted by atomic mass is 10.1. The monoisotopic (exact) mass is 408 g/mol. The standard InChI is InChI=1S/C28H25OP/c29-28(24-15-7-2-1-3-8-16-24)23-30(25-17-9-4-10-18-25,26-19-11-5-12-20-26)27-21-13-6-14-22-27/h1-23,28-29H/b2-1-,3-1?,7-2?,8-3-,15-7-,16-8?,24-15?,24-16+. The number of benzene rings is 3. The Morgan fingerprint density at radius 2 is 1.00 bits per heavy atom. The molecule has 0 radical (unpaired) electrons. The average Bonchev–Trinajstić information content (AvgIpc) is 2.79. The fourth-order valence-electron chi connectivity index (χ4n) is 3.77. The van der Waals surface area contributed by atoms with Crippen LogP contribution in [0.25, 0.3) is 0 Å². The minimum atomic E-state index is -2.19. The van der Waals surface area contributed by atoms with Crippen molar-refractivity contribution in [3.63, 3.8) is 0 Å². The second-order valence-electron chi connectivity index (χ2n) is 7.12. The molecule has 1 aliphatic rings. The Bertz CT molecular complexity index is 1030. The van der Waals surface area contributed by atoms with Gasteiger partial charge in [-0.1, -0.05) is 134 Å². The zero-order valence-corrected chi connectivity index (χ0v) is 17.6. The molecule has 1 nitrogen and oxygen atoms in total. The van der Waals surface area contributed by atoms with Crippen molar-refractivity contribution in [2.24, 2.45) is 0 Å². The van der Waals surface area contributed by atoms with Gasteiger partial charge < -0.3 is 5.11 Å². The summed E-state index contributed by atoms with van der Waals surface area (Å²) in [5.41, 5.74) is 0.878. The zero-order valence-electron chi connectivity index (χ0n) is 16.8. The van der Waals surface area contributed by atoms with E-state index >= 15 is 0 Å². The summed E-state index contributed by atoms with van der Waals surface area (Å²) in [7, 11) is 0. The summed E-state index contributed by atoms with van der Waals surface area (Å²) in [6, 6.07) is 31.7. The molecule has 0 bridgehead atoms. The number of allylic oxidation sites excluding steroid dienone is 6. The summed E-state index contributed by atoms with van der Waals surface area (Å²) < 4.78 is 0. The van der Waals surface area contributed by atoms with E-state index in [1.54, 1.807) is 0 Å². The van der Waals surface area contributed by atoms with Crippen LogP contribution in [0.2, 0.25) is 0 Å². The second-order valence-corrected chi connectivity index (χ2v) is 10.4. The first-order valence-corrected chi connectivity index (χ1v) is 12.0. The van der Waals surface area contributed by atoms with Gasteiger partial charge in [-0.2, -0.15) is 0 Å². The molecule has 0 fully saturated rings. The Labute approximate surface area is 179 Å². The average molecular weight is 408 g/mol. The molecule has 3 aromatic carbocycles. The molecule has 1 atom stereocenters. The zero-order chi connectivity index (χ0) is 20.7. The normalized spacial score (nSPS) is 19.4. The van der Waals surface area contributed by atoms with Gasteiger partial charge in [-0.3, -0.25) is 0 Å². The van der Waals surface area contributed by atoms with Crippen molar-refractivity contribution in [3.8, 4) is 0 Å². The highest BCUT2D eigenvalue weighted by Crippen LogP contribution is 2.44. The first-order chi connectivity index (χ1) is 14.8. The second kappa shape index (κ2) is 9.59. The van der Waals surface area contributed by atoms with Gasteiger partial charge in [0.1, 0.15) is 0 Å². The van der Waals surface area contributed by atoms with E-state index in [1.165, 1.54) is 15.9 Å². The fourth-order valence-corrected chi connectivity index (χ4v) is 7.70. The molecule has 148 valence electrons. The lowest BCUT2D eigenvalue weighted by molar-refractivity contribution is 0.287. The first kappa shape index (κ1) is 20.2. The smallest absolute Gasteiger partial charge is 0.0984 e. The minimum Gasteiger partial charge on any atom is -0.384 e. The topological polar surface area (TPSA) is 20.2 Å². The van der Waals surface area contributed by atoms with Crippen molar-refractivity contribution in [1.82, 2.24) is 0 Å².